The fraction of sp³-hybridized carbons (Fsp3) is 0.800. The zero-order chi connectivity index (χ0) is 5.28. The summed E-state index contributed by atoms with van der Waals surface area (Å²) in [6.07, 6.45) is 1.81. The van der Waals surface area contributed by atoms with Crippen LogP contribution >= 0.6 is 13.5 Å². The number of nitrogens with zero attached hydrogens (tertiary/aromatic N) is 1. The quantitative estimate of drug-likeness (QED) is 0.478. The molecule has 1 heterocycles. The van der Waals surface area contributed by atoms with Crippen LogP contribution in [0.15, 0.2) is 0 Å². The molecule has 0 aromatic rings. The summed E-state index contributed by atoms with van der Waals surface area (Å²) < 4.78 is 0. The van der Waals surface area contributed by atoms with E-state index < -0.39 is 0 Å². The average Bonchev–Trinajstić information content (AvgIpc) is 1.91. The molecule has 0 N–H and O–H groups in total. The molecule has 2 radical (unpaired) electrons. The fourth-order valence-electron chi connectivity index (χ4n) is 0.783. The molecule has 46 valence electrons. The first-order chi connectivity index (χ1) is 3.30. The van der Waals surface area contributed by atoms with Gasteiger partial charge in [-0.1, -0.05) is 0 Å². The summed E-state index contributed by atoms with van der Waals surface area (Å²) in [6, 6.07) is 0. The SMILES string of the molecule is CN1CCCC1=O.[S]. The Kier molecular flexibility index (Phi) is 2.90. The highest BCUT2D eigenvalue weighted by Gasteiger charge is 2.14. The third-order valence-corrected chi connectivity index (χ3v) is 1.31. The summed E-state index contributed by atoms with van der Waals surface area (Å²) >= 11 is 0. The Bertz CT molecular complexity index is 94.4. The van der Waals surface area contributed by atoms with E-state index in [9.17, 15) is 4.79 Å². The highest BCUT2D eigenvalue weighted by atomic mass is 32.1. The van der Waals surface area contributed by atoms with Gasteiger partial charge in [-0.15, -0.1) is 0 Å². The van der Waals surface area contributed by atoms with E-state index in [4.69, 9.17) is 0 Å². The molecule has 0 bridgehead atoms. The lowest BCUT2D eigenvalue weighted by atomic mass is 10.4. The van der Waals surface area contributed by atoms with E-state index in [-0.39, 0.29) is 13.5 Å². The van der Waals surface area contributed by atoms with Crippen molar-refractivity contribution in [2.45, 2.75) is 12.8 Å². The Hall–Kier alpha value is -0.180. The maximum absolute atomic E-state index is 10.5. The Labute approximate surface area is 56.3 Å². The lowest BCUT2D eigenvalue weighted by Gasteiger charge is -2.03. The van der Waals surface area contributed by atoms with Gasteiger partial charge in [0.05, 0.1) is 0 Å². The van der Waals surface area contributed by atoms with Crippen LogP contribution < -0.4 is 0 Å². The summed E-state index contributed by atoms with van der Waals surface area (Å²) in [5.41, 5.74) is 0. The van der Waals surface area contributed by atoms with E-state index in [2.05, 4.69) is 0 Å². The van der Waals surface area contributed by atoms with Gasteiger partial charge < -0.3 is 4.90 Å². The monoisotopic (exact) mass is 131 g/mol. The van der Waals surface area contributed by atoms with Crippen LogP contribution in [0.1, 0.15) is 12.8 Å². The van der Waals surface area contributed by atoms with Crippen LogP contribution in [0.5, 0.6) is 0 Å². The van der Waals surface area contributed by atoms with E-state index in [1.165, 1.54) is 0 Å². The Morgan fingerprint density at radius 1 is 1.62 bits per heavy atom. The first-order valence-electron chi connectivity index (χ1n) is 2.54. The zero-order valence-electron chi connectivity index (χ0n) is 4.89. The zero-order valence-corrected chi connectivity index (χ0v) is 5.70. The Morgan fingerprint density at radius 3 is 2.38 bits per heavy atom. The normalized spacial score (nSPS) is 18.6. The molecule has 8 heavy (non-hydrogen) atoms. The third kappa shape index (κ3) is 1.40. The maximum Gasteiger partial charge on any atom is 0.222 e. The molecule has 3 heteroatoms. The van der Waals surface area contributed by atoms with Gasteiger partial charge in [0.1, 0.15) is 0 Å². The van der Waals surface area contributed by atoms with Gasteiger partial charge in [-0.2, -0.15) is 0 Å². The van der Waals surface area contributed by atoms with Crippen molar-refractivity contribution < 1.29 is 4.79 Å². The minimum absolute atomic E-state index is 0. The lowest BCUT2D eigenvalue weighted by molar-refractivity contribution is -0.126. The molecule has 0 aliphatic carbocycles. The van der Waals surface area contributed by atoms with Crippen molar-refractivity contribution in [2.24, 2.45) is 0 Å². The van der Waals surface area contributed by atoms with Crippen LogP contribution in [0.25, 0.3) is 0 Å². The first kappa shape index (κ1) is 7.82. The number of hydrogen-bond acceptors (Lipinski definition) is 1. The molecule has 0 atom stereocenters. The van der Waals surface area contributed by atoms with Crippen molar-refractivity contribution in [3.05, 3.63) is 0 Å². The Balaban J connectivity index is 0.000000490. The van der Waals surface area contributed by atoms with Gasteiger partial charge in [0.2, 0.25) is 5.91 Å². The van der Waals surface area contributed by atoms with Crippen LogP contribution in [0, 0.1) is 0 Å². The smallest absolute Gasteiger partial charge is 0.222 e. The Morgan fingerprint density at radius 2 is 2.25 bits per heavy atom. The minimum Gasteiger partial charge on any atom is -0.346 e. The molecule has 0 saturated carbocycles. The molecular weight excluding hydrogens is 122 g/mol. The van der Waals surface area contributed by atoms with Gasteiger partial charge in [-0.3, -0.25) is 4.79 Å². The molecule has 2 nitrogen and oxygen atoms in total. The standard InChI is InChI=1S/C5H9NO.S/c1-6-4-2-3-5(6)7;/h2-4H2,1H3;. The molecule has 1 aliphatic heterocycles. The van der Waals surface area contributed by atoms with E-state index in [1.807, 2.05) is 7.05 Å². The molecule has 1 amide bonds. The second kappa shape index (κ2) is 2.97. The molecule has 1 aliphatic rings. The molecule has 0 aromatic heterocycles. The van der Waals surface area contributed by atoms with Crippen LogP contribution in [-0.4, -0.2) is 24.4 Å². The lowest BCUT2D eigenvalue weighted by Crippen LogP contribution is -2.17. The summed E-state index contributed by atoms with van der Waals surface area (Å²) in [4.78, 5) is 12.3. The molecule has 0 unspecified atom stereocenters. The highest BCUT2D eigenvalue weighted by Crippen LogP contribution is 2.04. The van der Waals surface area contributed by atoms with E-state index in [1.54, 1.807) is 4.90 Å². The largest absolute Gasteiger partial charge is 0.346 e. The number of carbonyl (C=O) groups is 1. The molecule has 1 fully saturated rings. The predicted molar refractivity (Wildman–Crippen MR) is 34.5 cm³/mol. The van der Waals surface area contributed by atoms with Crippen molar-refractivity contribution in [1.82, 2.24) is 4.90 Å². The van der Waals surface area contributed by atoms with Crippen molar-refractivity contribution in [2.75, 3.05) is 13.6 Å². The van der Waals surface area contributed by atoms with Gasteiger partial charge in [0, 0.05) is 33.5 Å². The van der Waals surface area contributed by atoms with Crippen LogP contribution in [0.3, 0.4) is 0 Å². The molecule has 0 aromatic carbocycles. The third-order valence-electron chi connectivity index (χ3n) is 1.31. The summed E-state index contributed by atoms with van der Waals surface area (Å²) in [5.74, 6) is 0.292. The number of carbonyl (C=O) groups excluding carboxylic acids is 1. The van der Waals surface area contributed by atoms with Gasteiger partial charge in [-0.25, -0.2) is 0 Å². The maximum atomic E-state index is 10.5. The van der Waals surface area contributed by atoms with Crippen molar-refractivity contribution >= 4 is 19.4 Å². The first-order valence-corrected chi connectivity index (χ1v) is 2.54. The number of amides is 1. The summed E-state index contributed by atoms with van der Waals surface area (Å²) in [6.45, 7) is 0.957. The fourth-order valence-corrected chi connectivity index (χ4v) is 0.783. The van der Waals surface area contributed by atoms with Gasteiger partial charge in [0.25, 0.3) is 0 Å². The molecule has 1 saturated heterocycles. The van der Waals surface area contributed by atoms with E-state index >= 15 is 0 Å². The second-order valence-corrected chi connectivity index (χ2v) is 1.92. The van der Waals surface area contributed by atoms with Gasteiger partial charge in [-0.05, 0) is 6.42 Å². The summed E-state index contributed by atoms with van der Waals surface area (Å²) in [7, 11) is 1.84. The molecule has 1 rings (SSSR count). The summed E-state index contributed by atoms with van der Waals surface area (Å²) in [5, 5.41) is 0. The molecule has 0 spiro atoms. The van der Waals surface area contributed by atoms with Gasteiger partial charge in [0.15, 0.2) is 0 Å². The van der Waals surface area contributed by atoms with Crippen LogP contribution in [-0.2, 0) is 4.79 Å². The van der Waals surface area contributed by atoms with E-state index in [0.717, 1.165) is 19.4 Å². The van der Waals surface area contributed by atoms with Crippen molar-refractivity contribution in [3.63, 3.8) is 0 Å². The van der Waals surface area contributed by atoms with Crippen LogP contribution in [0.4, 0.5) is 0 Å². The number of hydrogen-bond donors (Lipinski definition) is 0. The predicted octanol–water partition coefficient (Wildman–Crippen LogP) is 0.887. The second-order valence-electron chi connectivity index (χ2n) is 1.92. The van der Waals surface area contributed by atoms with Crippen molar-refractivity contribution in [1.29, 1.82) is 0 Å². The van der Waals surface area contributed by atoms with Crippen LogP contribution in [0.2, 0.25) is 0 Å². The van der Waals surface area contributed by atoms with Gasteiger partial charge >= 0.3 is 0 Å². The topological polar surface area (TPSA) is 20.3 Å². The van der Waals surface area contributed by atoms with Crippen molar-refractivity contribution in [3.8, 4) is 0 Å². The highest BCUT2D eigenvalue weighted by molar-refractivity contribution is 7.59. The number of rotatable bonds is 0. The minimum atomic E-state index is 0. The number of likely N-dealkylation sites (tertiary alicyclic amines) is 1. The molecular formula is C5H9NOS. The van der Waals surface area contributed by atoms with E-state index in [0.29, 0.717) is 5.91 Å². The average molecular weight is 131 g/mol.